The first kappa shape index (κ1) is 21.0. The Morgan fingerprint density at radius 2 is 1.77 bits per heavy atom. The highest BCUT2D eigenvalue weighted by atomic mass is 32.2. The number of sulfonamides is 1. The molecule has 0 spiro atoms. The number of nitrogens with one attached hydrogen (secondary N) is 1. The molecular formula is C20H18N4O5S. The third kappa shape index (κ3) is 5.40. The van der Waals surface area contributed by atoms with E-state index in [1.165, 1.54) is 12.3 Å². The maximum Gasteiger partial charge on any atom is 0.295 e. The zero-order valence-electron chi connectivity index (χ0n) is 15.6. The number of benzene rings is 3. The van der Waals surface area contributed by atoms with Crippen molar-refractivity contribution in [3.8, 4) is 5.75 Å². The number of hydrogen-bond acceptors (Lipinski definition) is 7. The van der Waals surface area contributed by atoms with Crippen LogP contribution in [0.2, 0.25) is 0 Å². The molecular weight excluding hydrogens is 408 g/mol. The molecule has 3 aromatic carbocycles. The van der Waals surface area contributed by atoms with E-state index >= 15 is 0 Å². The number of nitrogens with two attached hydrogens (primary N) is 1. The summed E-state index contributed by atoms with van der Waals surface area (Å²) < 4.78 is 28.7. The van der Waals surface area contributed by atoms with Gasteiger partial charge in [-0.25, -0.2) is 13.6 Å². The predicted octanol–water partition coefficient (Wildman–Crippen LogP) is 3.27. The van der Waals surface area contributed by atoms with Gasteiger partial charge >= 0.3 is 0 Å². The summed E-state index contributed by atoms with van der Waals surface area (Å²) in [5.74, 6) is 0.589. The number of anilines is 1. The van der Waals surface area contributed by atoms with Crippen LogP contribution in [0.3, 0.4) is 0 Å². The minimum absolute atomic E-state index is 0.0198. The summed E-state index contributed by atoms with van der Waals surface area (Å²) in [4.78, 5) is 10.2. The normalized spacial score (nSPS) is 11.4. The van der Waals surface area contributed by atoms with Crippen LogP contribution in [0.5, 0.6) is 5.75 Å². The molecule has 30 heavy (non-hydrogen) atoms. The molecule has 0 fully saturated rings. The molecule has 10 heteroatoms. The van der Waals surface area contributed by atoms with Crippen LogP contribution in [-0.4, -0.2) is 19.6 Å². The third-order valence-corrected chi connectivity index (χ3v) is 4.95. The van der Waals surface area contributed by atoms with E-state index in [2.05, 4.69) is 10.5 Å². The zero-order valence-corrected chi connectivity index (χ0v) is 16.5. The molecule has 9 nitrogen and oxygen atoms in total. The second-order valence-electron chi connectivity index (χ2n) is 6.16. The van der Waals surface area contributed by atoms with Crippen molar-refractivity contribution >= 4 is 27.6 Å². The number of nitro benzene ring substituents is 1. The number of hydrazone groups is 1. The second-order valence-corrected chi connectivity index (χ2v) is 7.72. The average Bonchev–Trinajstić information content (AvgIpc) is 2.73. The fourth-order valence-corrected chi connectivity index (χ4v) is 3.09. The molecule has 0 aromatic heterocycles. The lowest BCUT2D eigenvalue weighted by molar-refractivity contribution is -0.384. The van der Waals surface area contributed by atoms with E-state index in [1.54, 1.807) is 18.2 Å². The summed E-state index contributed by atoms with van der Waals surface area (Å²) in [5.41, 5.74) is 3.78. The van der Waals surface area contributed by atoms with E-state index in [9.17, 15) is 18.5 Å². The molecule has 154 valence electrons. The molecule has 0 saturated heterocycles. The molecule has 3 aromatic rings. The molecule has 0 saturated carbocycles. The topological polar surface area (TPSA) is 137 Å². The summed E-state index contributed by atoms with van der Waals surface area (Å²) in [5, 5.41) is 20.3. The van der Waals surface area contributed by atoms with Gasteiger partial charge in [-0.15, -0.1) is 0 Å². The quantitative estimate of drug-likeness (QED) is 0.322. The fraction of sp³-hybridized carbons (Fsp3) is 0.0500. The van der Waals surface area contributed by atoms with Gasteiger partial charge in [-0.3, -0.25) is 15.5 Å². The maximum atomic E-state index is 11.4. The van der Waals surface area contributed by atoms with Gasteiger partial charge in [0, 0.05) is 11.6 Å². The maximum absolute atomic E-state index is 11.4. The average molecular weight is 426 g/mol. The first-order chi connectivity index (χ1) is 14.3. The highest BCUT2D eigenvalue weighted by Crippen LogP contribution is 2.27. The number of nitrogens with zero attached hydrogens (tertiary/aromatic N) is 2. The summed E-state index contributed by atoms with van der Waals surface area (Å²) in [6.07, 6.45) is 1.46. The van der Waals surface area contributed by atoms with Crippen LogP contribution in [0, 0.1) is 10.1 Å². The van der Waals surface area contributed by atoms with E-state index in [1.807, 2.05) is 36.4 Å². The van der Waals surface area contributed by atoms with Crippen molar-refractivity contribution < 1.29 is 18.1 Å². The molecule has 3 rings (SSSR count). The van der Waals surface area contributed by atoms with Crippen LogP contribution in [0.1, 0.15) is 11.1 Å². The molecule has 3 N–H and O–H groups in total. The molecule has 0 bridgehead atoms. The number of primary sulfonamides is 1. The Hall–Kier alpha value is -3.76. The number of hydrogen-bond donors (Lipinski definition) is 2. The lowest BCUT2D eigenvalue weighted by atomic mass is 10.2. The van der Waals surface area contributed by atoms with Crippen LogP contribution in [0.4, 0.5) is 11.4 Å². The molecule has 0 amide bonds. The first-order valence-corrected chi connectivity index (χ1v) is 10.3. The van der Waals surface area contributed by atoms with Gasteiger partial charge in [0.2, 0.25) is 10.0 Å². The minimum atomic E-state index is -4.06. The van der Waals surface area contributed by atoms with Crippen LogP contribution in [0.25, 0.3) is 0 Å². The predicted molar refractivity (Wildman–Crippen MR) is 113 cm³/mol. The van der Waals surface area contributed by atoms with Crippen LogP contribution in [-0.2, 0) is 16.6 Å². The molecule has 0 aliphatic heterocycles. The Labute approximate surface area is 173 Å². The largest absolute Gasteiger partial charge is 0.488 e. The lowest BCUT2D eigenvalue weighted by Gasteiger charge is -2.09. The van der Waals surface area contributed by atoms with Gasteiger partial charge in [0.1, 0.15) is 18.0 Å². The van der Waals surface area contributed by atoms with E-state index in [0.29, 0.717) is 17.9 Å². The van der Waals surface area contributed by atoms with Gasteiger partial charge in [0.05, 0.1) is 16.0 Å². The number of nitro groups is 1. The Morgan fingerprint density at radius 1 is 1.07 bits per heavy atom. The third-order valence-electron chi connectivity index (χ3n) is 4.04. The van der Waals surface area contributed by atoms with E-state index in [0.717, 1.165) is 17.7 Å². The van der Waals surface area contributed by atoms with Gasteiger partial charge in [0.25, 0.3) is 5.69 Å². The minimum Gasteiger partial charge on any atom is -0.488 e. The summed E-state index contributed by atoms with van der Waals surface area (Å²) in [7, 11) is -4.06. The van der Waals surface area contributed by atoms with Crippen LogP contribution in [0.15, 0.2) is 82.8 Å². The summed E-state index contributed by atoms with van der Waals surface area (Å²) in [6.45, 7) is 0.375. The molecule has 0 atom stereocenters. The fourth-order valence-electron chi connectivity index (χ4n) is 2.56. The molecule has 0 radical (unpaired) electrons. The van der Waals surface area contributed by atoms with Crippen molar-refractivity contribution in [1.82, 2.24) is 0 Å². The SMILES string of the molecule is NS(=O)(=O)c1ccc(N/N=C/c2ccccc2OCc2ccccc2)c([N+](=O)[O-])c1. The summed E-state index contributed by atoms with van der Waals surface area (Å²) >= 11 is 0. The van der Waals surface area contributed by atoms with Gasteiger partial charge in [-0.2, -0.15) is 5.10 Å². The Kier molecular flexibility index (Phi) is 6.40. The standard InChI is InChI=1S/C20H18N4O5S/c21-30(27,28)17-10-11-18(19(12-17)24(25)26)23-22-13-16-8-4-5-9-20(16)29-14-15-6-2-1-3-7-15/h1-13,23H,14H2,(H2,21,27,28)/b22-13+. The summed E-state index contributed by atoms with van der Waals surface area (Å²) in [6, 6.07) is 20.1. The highest BCUT2D eigenvalue weighted by molar-refractivity contribution is 7.89. The van der Waals surface area contributed by atoms with E-state index in [4.69, 9.17) is 9.88 Å². The van der Waals surface area contributed by atoms with Crippen molar-refractivity contribution in [2.24, 2.45) is 10.2 Å². The number of ether oxygens (including phenoxy) is 1. The van der Waals surface area contributed by atoms with Crippen molar-refractivity contribution in [2.45, 2.75) is 11.5 Å². The van der Waals surface area contributed by atoms with Crippen molar-refractivity contribution in [3.05, 3.63) is 94.0 Å². The van der Waals surface area contributed by atoms with E-state index in [-0.39, 0.29) is 10.6 Å². The van der Waals surface area contributed by atoms with Crippen molar-refractivity contribution in [1.29, 1.82) is 0 Å². The molecule has 0 heterocycles. The van der Waals surface area contributed by atoms with Gasteiger partial charge in [-0.1, -0.05) is 42.5 Å². The molecule has 0 aliphatic carbocycles. The second kappa shape index (κ2) is 9.16. The first-order valence-electron chi connectivity index (χ1n) is 8.70. The van der Waals surface area contributed by atoms with Gasteiger partial charge in [-0.05, 0) is 29.8 Å². The molecule has 0 unspecified atom stereocenters. The molecule has 0 aliphatic rings. The van der Waals surface area contributed by atoms with Gasteiger partial charge in [0.15, 0.2) is 0 Å². The van der Waals surface area contributed by atoms with Crippen LogP contribution < -0.4 is 15.3 Å². The van der Waals surface area contributed by atoms with Crippen molar-refractivity contribution in [3.63, 3.8) is 0 Å². The zero-order chi connectivity index (χ0) is 21.6. The van der Waals surface area contributed by atoms with Crippen LogP contribution >= 0.6 is 0 Å². The number of rotatable bonds is 8. The number of para-hydroxylation sites is 1. The lowest BCUT2D eigenvalue weighted by Crippen LogP contribution is -2.12. The highest BCUT2D eigenvalue weighted by Gasteiger charge is 2.18. The monoisotopic (exact) mass is 426 g/mol. The van der Waals surface area contributed by atoms with E-state index < -0.39 is 20.6 Å². The smallest absolute Gasteiger partial charge is 0.295 e. The van der Waals surface area contributed by atoms with Gasteiger partial charge < -0.3 is 4.74 Å². The Balaban J connectivity index is 1.76. The Morgan fingerprint density at radius 3 is 2.47 bits per heavy atom. The van der Waals surface area contributed by atoms with Crippen molar-refractivity contribution in [2.75, 3.05) is 5.43 Å². The Bertz CT molecular complexity index is 1180.